The number of methoxy groups -OCH3 is 2. The number of aliphatic carboxylic acids is 1. The zero-order chi connectivity index (χ0) is 23.8. The summed E-state index contributed by atoms with van der Waals surface area (Å²) < 4.78 is 23.9. The molecule has 0 amide bonds. The predicted octanol–water partition coefficient (Wildman–Crippen LogP) is 2.28. The van der Waals surface area contributed by atoms with Gasteiger partial charge < -0.3 is 34.5 Å². The lowest BCUT2D eigenvalue weighted by atomic mass is 9.86. The standard InChI is InChI=1S/C20H27NO10/c1-11(2)16(22)29-12(3)9-20(21,17(23)24)10-13-6-7-14(30-18(25)27-4)15(8-13)31-19(26)28-5/h6-8,11-12H,9-10,21H2,1-5H3,(H,23,24)/t12-,20?/m0/s1. The molecule has 11 nitrogen and oxygen atoms in total. The van der Waals surface area contributed by atoms with Gasteiger partial charge in [-0.2, -0.15) is 0 Å². The molecule has 0 aromatic heterocycles. The Bertz CT molecular complexity index is 822. The first-order valence-electron chi connectivity index (χ1n) is 9.29. The van der Waals surface area contributed by atoms with Crippen LogP contribution in [-0.2, 0) is 30.2 Å². The molecule has 172 valence electrons. The normalized spacial score (nSPS) is 13.5. The van der Waals surface area contributed by atoms with Gasteiger partial charge in [-0.25, -0.2) is 9.59 Å². The summed E-state index contributed by atoms with van der Waals surface area (Å²) in [4.78, 5) is 46.6. The zero-order valence-electron chi connectivity index (χ0n) is 18.0. The summed E-state index contributed by atoms with van der Waals surface area (Å²) in [6, 6.07) is 4.01. The number of benzene rings is 1. The third-order valence-corrected chi connectivity index (χ3v) is 4.11. The van der Waals surface area contributed by atoms with Gasteiger partial charge in [-0.3, -0.25) is 9.59 Å². The van der Waals surface area contributed by atoms with Crippen LogP contribution >= 0.6 is 0 Å². The van der Waals surface area contributed by atoms with Crippen molar-refractivity contribution >= 4 is 24.2 Å². The van der Waals surface area contributed by atoms with E-state index in [0.717, 1.165) is 14.2 Å². The van der Waals surface area contributed by atoms with Crippen molar-refractivity contribution in [2.75, 3.05) is 14.2 Å². The number of ether oxygens (including phenoxy) is 5. The Kier molecular flexibility index (Phi) is 9.25. The van der Waals surface area contributed by atoms with Crippen molar-refractivity contribution in [3.05, 3.63) is 23.8 Å². The van der Waals surface area contributed by atoms with E-state index >= 15 is 0 Å². The summed E-state index contributed by atoms with van der Waals surface area (Å²) in [5.74, 6) is -2.52. The lowest BCUT2D eigenvalue weighted by molar-refractivity contribution is -0.156. The van der Waals surface area contributed by atoms with Crippen molar-refractivity contribution in [3.63, 3.8) is 0 Å². The topological polar surface area (TPSA) is 161 Å². The molecule has 1 aromatic rings. The van der Waals surface area contributed by atoms with Crippen LogP contribution in [0.5, 0.6) is 11.5 Å². The molecule has 0 aliphatic heterocycles. The van der Waals surface area contributed by atoms with Crippen LogP contribution in [0.3, 0.4) is 0 Å². The fourth-order valence-electron chi connectivity index (χ4n) is 2.58. The van der Waals surface area contributed by atoms with E-state index in [1.807, 2.05) is 0 Å². The molecular formula is C20H27NO10. The Hall–Kier alpha value is -3.34. The average molecular weight is 441 g/mol. The lowest BCUT2D eigenvalue weighted by Crippen LogP contribution is -2.52. The first kappa shape index (κ1) is 25.7. The highest BCUT2D eigenvalue weighted by Gasteiger charge is 2.37. The molecule has 1 aromatic carbocycles. The summed E-state index contributed by atoms with van der Waals surface area (Å²) in [7, 11) is 2.18. The van der Waals surface area contributed by atoms with Crippen molar-refractivity contribution in [3.8, 4) is 11.5 Å². The Morgan fingerprint density at radius 1 is 1.00 bits per heavy atom. The van der Waals surface area contributed by atoms with E-state index in [-0.39, 0.29) is 30.3 Å². The number of hydrogen-bond donors (Lipinski definition) is 2. The number of carbonyl (C=O) groups excluding carboxylic acids is 3. The van der Waals surface area contributed by atoms with Crippen molar-refractivity contribution in [2.24, 2.45) is 11.7 Å². The Morgan fingerprint density at radius 2 is 1.55 bits per heavy atom. The molecule has 2 atom stereocenters. The minimum Gasteiger partial charge on any atom is -0.480 e. The van der Waals surface area contributed by atoms with E-state index in [4.69, 9.17) is 19.9 Å². The molecule has 11 heteroatoms. The van der Waals surface area contributed by atoms with Gasteiger partial charge in [0.1, 0.15) is 11.6 Å². The monoisotopic (exact) mass is 441 g/mol. The zero-order valence-corrected chi connectivity index (χ0v) is 18.0. The van der Waals surface area contributed by atoms with Gasteiger partial charge in [0.2, 0.25) is 0 Å². The highest BCUT2D eigenvalue weighted by atomic mass is 16.7. The summed E-state index contributed by atoms with van der Waals surface area (Å²) in [5.41, 5.74) is 4.66. The van der Waals surface area contributed by atoms with Crippen molar-refractivity contribution in [1.29, 1.82) is 0 Å². The maximum Gasteiger partial charge on any atom is 0.513 e. The van der Waals surface area contributed by atoms with E-state index < -0.39 is 35.9 Å². The highest BCUT2D eigenvalue weighted by molar-refractivity contribution is 5.79. The van der Waals surface area contributed by atoms with Gasteiger partial charge in [0.05, 0.1) is 20.1 Å². The number of carboxylic acid groups (broad SMARTS) is 1. The van der Waals surface area contributed by atoms with Gasteiger partial charge in [-0.15, -0.1) is 0 Å². The van der Waals surface area contributed by atoms with Crippen LogP contribution < -0.4 is 15.2 Å². The molecule has 1 unspecified atom stereocenters. The summed E-state index contributed by atoms with van der Waals surface area (Å²) in [5, 5.41) is 9.69. The second-order valence-corrected chi connectivity index (χ2v) is 7.14. The van der Waals surface area contributed by atoms with Crippen LogP contribution in [0.15, 0.2) is 18.2 Å². The number of esters is 1. The van der Waals surface area contributed by atoms with Crippen LogP contribution in [0.4, 0.5) is 9.59 Å². The van der Waals surface area contributed by atoms with E-state index in [2.05, 4.69) is 9.47 Å². The van der Waals surface area contributed by atoms with Crippen molar-refractivity contribution in [2.45, 2.75) is 45.3 Å². The summed E-state index contributed by atoms with van der Waals surface area (Å²) in [6.45, 7) is 4.86. The minimum atomic E-state index is -1.80. The van der Waals surface area contributed by atoms with E-state index in [9.17, 15) is 24.3 Å². The molecule has 0 fully saturated rings. The van der Waals surface area contributed by atoms with Crippen LogP contribution in [0.2, 0.25) is 0 Å². The first-order chi connectivity index (χ1) is 14.4. The minimum absolute atomic E-state index is 0.154. The smallest absolute Gasteiger partial charge is 0.480 e. The van der Waals surface area contributed by atoms with Gasteiger partial charge in [0.15, 0.2) is 11.5 Å². The molecule has 0 radical (unpaired) electrons. The maximum atomic E-state index is 11.9. The van der Waals surface area contributed by atoms with Crippen molar-refractivity contribution in [1.82, 2.24) is 0 Å². The third-order valence-electron chi connectivity index (χ3n) is 4.11. The fourth-order valence-corrected chi connectivity index (χ4v) is 2.58. The number of hydrogen-bond acceptors (Lipinski definition) is 10. The molecule has 31 heavy (non-hydrogen) atoms. The molecule has 3 N–H and O–H groups in total. The fraction of sp³-hybridized carbons (Fsp3) is 0.500. The average Bonchev–Trinajstić information content (AvgIpc) is 2.69. The Morgan fingerprint density at radius 3 is 2.03 bits per heavy atom. The molecule has 0 aliphatic rings. The highest BCUT2D eigenvalue weighted by Crippen LogP contribution is 2.31. The van der Waals surface area contributed by atoms with E-state index in [1.54, 1.807) is 20.8 Å². The lowest BCUT2D eigenvalue weighted by Gasteiger charge is -2.28. The van der Waals surface area contributed by atoms with Crippen LogP contribution in [0, 0.1) is 5.92 Å². The molecule has 0 bridgehead atoms. The molecule has 0 spiro atoms. The molecule has 0 saturated heterocycles. The number of rotatable bonds is 9. The molecule has 0 heterocycles. The van der Waals surface area contributed by atoms with Gasteiger partial charge in [-0.1, -0.05) is 19.9 Å². The van der Waals surface area contributed by atoms with Crippen LogP contribution in [-0.4, -0.2) is 55.2 Å². The van der Waals surface area contributed by atoms with E-state index in [0.29, 0.717) is 5.56 Å². The van der Waals surface area contributed by atoms with Gasteiger partial charge in [0.25, 0.3) is 0 Å². The van der Waals surface area contributed by atoms with Crippen LogP contribution in [0.25, 0.3) is 0 Å². The summed E-state index contributed by atoms with van der Waals surface area (Å²) >= 11 is 0. The van der Waals surface area contributed by atoms with Gasteiger partial charge in [-0.05, 0) is 24.6 Å². The van der Waals surface area contributed by atoms with Crippen molar-refractivity contribution < 1.29 is 48.0 Å². The predicted molar refractivity (Wildman–Crippen MR) is 106 cm³/mol. The molecule has 0 aliphatic carbocycles. The maximum absolute atomic E-state index is 11.9. The van der Waals surface area contributed by atoms with Crippen LogP contribution in [0.1, 0.15) is 32.8 Å². The Balaban J connectivity index is 3.15. The molecular weight excluding hydrogens is 414 g/mol. The molecule has 0 saturated carbocycles. The number of carbonyl (C=O) groups is 4. The first-order valence-corrected chi connectivity index (χ1v) is 9.29. The third kappa shape index (κ3) is 7.78. The number of carboxylic acids is 1. The second kappa shape index (κ2) is 11.2. The quantitative estimate of drug-likeness (QED) is 0.328. The summed E-state index contributed by atoms with van der Waals surface area (Å²) in [6.07, 6.45) is -3.28. The van der Waals surface area contributed by atoms with E-state index in [1.165, 1.54) is 18.2 Å². The molecule has 1 rings (SSSR count). The Labute approximate surface area is 179 Å². The second-order valence-electron chi connectivity index (χ2n) is 7.14. The van der Waals surface area contributed by atoms with Gasteiger partial charge in [0, 0.05) is 12.8 Å². The number of nitrogens with two attached hydrogens (primary N) is 1. The SMILES string of the molecule is COC(=O)Oc1ccc(CC(N)(C[C@H](C)OC(=O)C(C)C)C(=O)O)cc1OC(=O)OC. The van der Waals surface area contributed by atoms with Gasteiger partial charge >= 0.3 is 24.2 Å². The largest absolute Gasteiger partial charge is 0.513 e.